The van der Waals surface area contributed by atoms with Crippen molar-refractivity contribution in [1.82, 2.24) is 5.32 Å². The van der Waals surface area contributed by atoms with Gasteiger partial charge in [0, 0.05) is 7.11 Å². The lowest BCUT2D eigenvalue weighted by Crippen LogP contribution is -2.32. The molecule has 0 bridgehead atoms. The van der Waals surface area contributed by atoms with Crippen molar-refractivity contribution in [3.63, 3.8) is 0 Å². The third-order valence-corrected chi connectivity index (χ3v) is 3.05. The van der Waals surface area contributed by atoms with Crippen LogP contribution in [0.4, 0.5) is 0 Å². The summed E-state index contributed by atoms with van der Waals surface area (Å²) in [5.74, 6) is 0. The summed E-state index contributed by atoms with van der Waals surface area (Å²) >= 11 is 0. The molecular formula is C14H23NO2. The van der Waals surface area contributed by atoms with E-state index in [1.54, 1.807) is 7.11 Å². The summed E-state index contributed by atoms with van der Waals surface area (Å²) < 4.78 is 5.36. The van der Waals surface area contributed by atoms with E-state index in [2.05, 4.69) is 19.2 Å². The molecule has 1 aromatic carbocycles. The van der Waals surface area contributed by atoms with Crippen molar-refractivity contribution in [2.24, 2.45) is 0 Å². The Hall–Kier alpha value is -0.900. The Morgan fingerprint density at radius 3 is 2.47 bits per heavy atom. The first-order chi connectivity index (χ1) is 8.09. The van der Waals surface area contributed by atoms with Crippen LogP contribution in [-0.2, 0) is 4.74 Å². The molecule has 1 rings (SSSR count). The van der Waals surface area contributed by atoms with Crippen LogP contribution in [0.2, 0.25) is 0 Å². The summed E-state index contributed by atoms with van der Waals surface area (Å²) in [5.41, 5.74) is 0.995. The van der Waals surface area contributed by atoms with Crippen LogP contribution in [0.25, 0.3) is 0 Å². The van der Waals surface area contributed by atoms with E-state index in [1.165, 1.54) is 0 Å². The second-order valence-corrected chi connectivity index (χ2v) is 4.81. The van der Waals surface area contributed by atoms with E-state index in [1.807, 2.05) is 30.3 Å². The molecule has 1 aromatic rings. The molecule has 1 atom stereocenters. The molecule has 3 heteroatoms. The molecule has 0 saturated carbocycles. The van der Waals surface area contributed by atoms with Gasteiger partial charge in [-0.05, 0) is 32.4 Å². The van der Waals surface area contributed by atoms with Gasteiger partial charge in [0.15, 0.2) is 0 Å². The summed E-state index contributed by atoms with van der Waals surface area (Å²) in [6, 6.07) is 10.00. The number of hydrogen-bond donors (Lipinski definition) is 2. The molecule has 0 fully saturated rings. The third kappa shape index (κ3) is 4.86. The molecule has 0 aromatic heterocycles. The van der Waals surface area contributed by atoms with Crippen LogP contribution in [0.5, 0.6) is 0 Å². The number of methoxy groups -OCH3 is 1. The molecule has 0 heterocycles. The number of hydrogen-bond acceptors (Lipinski definition) is 3. The van der Waals surface area contributed by atoms with Gasteiger partial charge in [-0.2, -0.15) is 0 Å². The Morgan fingerprint density at radius 1 is 1.29 bits per heavy atom. The van der Waals surface area contributed by atoms with Crippen LogP contribution in [0.3, 0.4) is 0 Å². The van der Waals surface area contributed by atoms with Gasteiger partial charge in [-0.15, -0.1) is 0 Å². The molecule has 0 aliphatic heterocycles. The van der Waals surface area contributed by atoms with Gasteiger partial charge in [0.05, 0.1) is 18.2 Å². The Balaban J connectivity index is 2.44. The van der Waals surface area contributed by atoms with Gasteiger partial charge >= 0.3 is 0 Å². The van der Waals surface area contributed by atoms with Gasteiger partial charge in [-0.1, -0.05) is 30.3 Å². The van der Waals surface area contributed by atoms with Gasteiger partial charge in [-0.25, -0.2) is 0 Å². The van der Waals surface area contributed by atoms with Crippen LogP contribution < -0.4 is 5.32 Å². The summed E-state index contributed by atoms with van der Waals surface area (Å²) in [4.78, 5) is 0. The van der Waals surface area contributed by atoms with Gasteiger partial charge < -0.3 is 15.2 Å². The monoisotopic (exact) mass is 237 g/mol. The van der Waals surface area contributed by atoms with E-state index in [0.29, 0.717) is 0 Å². The first-order valence-corrected chi connectivity index (χ1v) is 6.03. The van der Waals surface area contributed by atoms with E-state index < -0.39 is 0 Å². The van der Waals surface area contributed by atoms with Crippen LogP contribution in [0.15, 0.2) is 30.3 Å². The fraction of sp³-hybridized carbons (Fsp3) is 0.571. The van der Waals surface area contributed by atoms with Crippen molar-refractivity contribution in [3.05, 3.63) is 35.9 Å². The highest BCUT2D eigenvalue weighted by Gasteiger charge is 2.17. The minimum atomic E-state index is -0.121. The average molecular weight is 237 g/mol. The second kappa shape index (κ2) is 6.74. The molecule has 17 heavy (non-hydrogen) atoms. The number of benzene rings is 1. The Bertz CT molecular complexity index is 311. The fourth-order valence-electron chi connectivity index (χ4n) is 1.62. The molecule has 0 amide bonds. The zero-order valence-electron chi connectivity index (χ0n) is 10.9. The highest BCUT2D eigenvalue weighted by atomic mass is 16.5. The maximum Gasteiger partial charge on any atom is 0.0634 e. The smallest absolute Gasteiger partial charge is 0.0634 e. The van der Waals surface area contributed by atoms with Gasteiger partial charge in [0.25, 0.3) is 0 Å². The first kappa shape index (κ1) is 14.2. The van der Waals surface area contributed by atoms with E-state index in [0.717, 1.165) is 18.5 Å². The zero-order chi connectivity index (χ0) is 12.7. The van der Waals surface area contributed by atoms with E-state index in [-0.39, 0.29) is 18.2 Å². The van der Waals surface area contributed by atoms with Crippen molar-refractivity contribution in [2.45, 2.75) is 31.9 Å². The first-order valence-electron chi connectivity index (χ1n) is 6.03. The molecular weight excluding hydrogens is 214 g/mol. The third-order valence-electron chi connectivity index (χ3n) is 3.05. The highest BCUT2D eigenvalue weighted by molar-refractivity contribution is 5.18. The molecule has 0 saturated heterocycles. The van der Waals surface area contributed by atoms with Crippen molar-refractivity contribution >= 4 is 0 Å². The minimum Gasteiger partial charge on any atom is -0.394 e. The van der Waals surface area contributed by atoms with Crippen molar-refractivity contribution < 1.29 is 9.84 Å². The molecule has 96 valence electrons. The maximum absolute atomic E-state index is 9.37. The fourth-order valence-corrected chi connectivity index (χ4v) is 1.62. The molecule has 0 spiro atoms. The van der Waals surface area contributed by atoms with E-state index in [4.69, 9.17) is 4.74 Å². The Labute approximate surface area is 104 Å². The number of rotatable bonds is 7. The van der Waals surface area contributed by atoms with Crippen LogP contribution in [-0.4, -0.2) is 31.0 Å². The minimum absolute atomic E-state index is 0.00357. The van der Waals surface area contributed by atoms with Crippen LogP contribution in [0, 0.1) is 0 Å². The molecule has 0 radical (unpaired) electrons. The number of aliphatic hydroxyl groups excluding tert-OH is 1. The lowest BCUT2D eigenvalue weighted by molar-refractivity contribution is 0.0149. The van der Waals surface area contributed by atoms with Crippen molar-refractivity contribution in [3.8, 4) is 0 Å². The summed E-state index contributed by atoms with van der Waals surface area (Å²) in [6.07, 6.45) is 0.910. The lowest BCUT2D eigenvalue weighted by Gasteiger charge is -2.24. The Kier molecular flexibility index (Phi) is 5.62. The quantitative estimate of drug-likeness (QED) is 0.763. The van der Waals surface area contributed by atoms with Crippen molar-refractivity contribution in [1.29, 1.82) is 0 Å². The predicted octanol–water partition coefficient (Wildman–Crippen LogP) is 2.12. The number of ether oxygens (including phenoxy) is 1. The average Bonchev–Trinajstić information content (AvgIpc) is 2.36. The Morgan fingerprint density at radius 2 is 1.94 bits per heavy atom. The molecule has 0 aliphatic rings. The van der Waals surface area contributed by atoms with Gasteiger partial charge in [0.1, 0.15) is 0 Å². The zero-order valence-corrected chi connectivity index (χ0v) is 10.9. The topological polar surface area (TPSA) is 41.5 Å². The van der Waals surface area contributed by atoms with Gasteiger partial charge in [0.2, 0.25) is 0 Å². The largest absolute Gasteiger partial charge is 0.394 e. The highest BCUT2D eigenvalue weighted by Crippen LogP contribution is 2.15. The summed E-state index contributed by atoms with van der Waals surface area (Å²) in [6.45, 7) is 5.05. The number of aliphatic hydroxyl groups is 1. The van der Waals surface area contributed by atoms with Crippen LogP contribution in [0.1, 0.15) is 31.9 Å². The summed E-state index contributed by atoms with van der Waals surface area (Å²) in [7, 11) is 1.72. The molecule has 3 nitrogen and oxygen atoms in total. The van der Waals surface area contributed by atoms with Crippen LogP contribution >= 0.6 is 0 Å². The standard InChI is InChI=1S/C14H23NO2/c1-14(2,17-3)9-10-15-13(11-16)12-7-5-4-6-8-12/h4-8,13,15-16H,9-11H2,1-3H3/t13-/m1/s1. The maximum atomic E-state index is 9.37. The van der Waals surface area contributed by atoms with E-state index in [9.17, 15) is 5.11 Å². The second-order valence-electron chi connectivity index (χ2n) is 4.81. The molecule has 0 aliphatic carbocycles. The SMILES string of the molecule is COC(C)(C)CCN[C@H](CO)c1ccccc1. The molecule has 0 unspecified atom stereocenters. The molecule has 2 N–H and O–H groups in total. The summed E-state index contributed by atoms with van der Waals surface area (Å²) in [5, 5.41) is 12.7. The van der Waals surface area contributed by atoms with Gasteiger partial charge in [-0.3, -0.25) is 0 Å². The predicted molar refractivity (Wildman–Crippen MR) is 70.0 cm³/mol. The lowest BCUT2D eigenvalue weighted by atomic mass is 10.0. The number of nitrogens with one attached hydrogen (secondary N) is 1. The normalized spacial score (nSPS) is 13.6. The van der Waals surface area contributed by atoms with E-state index >= 15 is 0 Å². The van der Waals surface area contributed by atoms with Crippen molar-refractivity contribution in [2.75, 3.05) is 20.3 Å².